The van der Waals surface area contributed by atoms with Gasteiger partial charge in [0.2, 0.25) is 0 Å². The molecule has 2 rings (SSSR count). The highest BCUT2D eigenvalue weighted by Gasteiger charge is 2.10. The molecule has 0 radical (unpaired) electrons. The molecule has 0 saturated heterocycles. The van der Waals surface area contributed by atoms with Gasteiger partial charge in [-0.1, -0.05) is 11.6 Å². The normalized spacial score (nSPS) is 9.68. The SMILES string of the molecule is N#Cc1ccc(C(=O)Nc2cc(N)ccc2Cl)nc1. The number of halogens is 1. The fourth-order valence-electron chi connectivity index (χ4n) is 1.42. The van der Waals surface area contributed by atoms with E-state index in [0.717, 1.165) is 0 Å². The number of nitrogens with one attached hydrogen (secondary N) is 1. The molecule has 1 heterocycles. The van der Waals surface area contributed by atoms with Crippen molar-refractivity contribution >= 4 is 28.9 Å². The molecule has 0 aliphatic carbocycles. The smallest absolute Gasteiger partial charge is 0.274 e. The van der Waals surface area contributed by atoms with Gasteiger partial charge >= 0.3 is 0 Å². The second-order valence-corrected chi connectivity index (χ2v) is 4.14. The van der Waals surface area contributed by atoms with Gasteiger partial charge in [0.25, 0.3) is 5.91 Å². The average Bonchev–Trinajstić information content (AvgIpc) is 2.43. The first-order chi connectivity index (χ1) is 9.10. The van der Waals surface area contributed by atoms with E-state index in [-0.39, 0.29) is 5.69 Å². The Morgan fingerprint density at radius 1 is 1.37 bits per heavy atom. The number of hydrogen-bond donors (Lipinski definition) is 2. The highest BCUT2D eigenvalue weighted by atomic mass is 35.5. The molecule has 0 aliphatic heterocycles. The van der Waals surface area contributed by atoms with Gasteiger partial charge in [-0.2, -0.15) is 5.26 Å². The number of nitrogens with two attached hydrogens (primary N) is 1. The molecule has 94 valence electrons. The van der Waals surface area contributed by atoms with E-state index < -0.39 is 5.91 Å². The van der Waals surface area contributed by atoms with Gasteiger partial charge < -0.3 is 11.1 Å². The summed E-state index contributed by atoms with van der Waals surface area (Å²) < 4.78 is 0. The van der Waals surface area contributed by atoms with Crippen LogP contribution in [0.25, 0.3) is 0 Å². The third-order valence-electron chi connectivity index (χ3n) is 2.36. The molecule has 0 spiro atoms. The fourth-order valence-corrected chi connectivity index (χ4v) is 1.58. The standard InChI is InChI=1S/C13H9ClN4O/c14-10-3-2-9(16)5-12(10)18-13(19)11-4-1-8(6-15)7-17-11/h1-5,7H,16H2,(H,18,19). The van der Waals surface area contributed by atoms with Crippen molar-refractivity contribution < 1.29 is 4.79 Å². The van der Waals surface area contributed by atoms with Gasteiger partial charge in [0.1, 0.15) is 11.8 Å². The first-order valence-electron chi connectivity index (χ1n) is 5.32. The van der Waals surface area contributed by atoms with Crippen LogP contribution in [0.2, 0.25) is 5.02 Å². The molecule has 2 aromatic rings. The molecular weight excluding hydrogens is 264 g/mol. The lowest BCUT2D eigenvalue weighted by Crippen LogP contribution is -2.14. The number of rotatable bonds is 2. The molecular formula is C13H9ClN4O. The van der Waals surface area contributed by atoms with Crippen LogP contribution in [-0.4, -0.2) is 10.9 Å². The molecule has 0 unspecified atom stereocenters. The summed E-state index contributed by atoms with van der Waals surface area (Å²) in [5, 5.41) is 11.6. The maximum atomic E-state index is 11.9. The maximum absolute atomic E-state index is 11.9. The molecule has 1 amide bonds. The molecule has 3 N–H and O–H groups in total. The topological polar surface area (TPSA) is 91.8 Å². The van der Waals surface area contributed by atoms with Crippen molar-refractivity contribution in [2.45, 2.75) is 0 Å². The van der Waals surface area contributed by atoms with Crippen molar-refractivity contribution in [1.82, 2.24) is 4.98 Å². The Morgan fingerprint density at radius 3 is 2.79 bits per heavy atom. The summed E-state index contributed by atoms with van der Waals surface area (Å²) in [7, 11) is 0. The van der Waals surface area contributed by atoms with Crippen LogP contribution in [0.1, 0.15) is 16.1 Å². The number of hydrogen-bond acceptors (Lipinski definition) is 4. The molecule has 0 fully saturated rings. The zero-order valence-electron chi connectivity index (χ0n) is 9.72. The second-order valence-electron chi connectivity index (χ2n) is 3.74. The summed E-state index contributed by atoms with van der Waals surface area (Å²) in [4.78, 5) is 15.8. The number of pyridine rings is 1. The van der Waals surface area contributed by atoms with Gasteiger partial charge in [-0.15, -0.1) is 0 Å². The lowest BCUT2D eigenvalue weighted by Gasteiger charge is -2.07. The Labute approximate surface area is 114 Å². The second kappa shape index (κ2) is 5.38. The van der Waals surface area contributed by atoms with Crippen molar-refractivity contribution in [3.8, 4) is 6.07 Å². The zero-order valence-corrected chi connectivity index (χ0v) is 10.5. The summed E-state index contributed by atoms with van der Waals surface area (Å²) in [6.45, 7) is 0. The summed E-state index contributed by atoms with van der Waals surface area (Å²) >= 11 is 5.94. The van der Waals surface area contributed by atoms with E-state index >= 15 is 0 Å². The predicted octanol–water partition coefficient (Wildman–Crippen LogP) is 2.44. The van der Waals surface area contributed by atoms with E-state index in [1.807, 2.05) is 6.07 Å². The zero-order chi connectivity index (χ0) is 13.8. The van der Waals surface area contributed by atoms with Crippen molar-refractivity contribution in [3.05, 3.63) is 52.8 Å². The van der Waals surface area contributed by atoms with Crippen LogP contribution in [0.3, 0.4) is 0 Å². The van der Waals surface area contributed by atoms with Gasteiger partial charge in [-0.05, 0) is 30.3 Å². The molecule has 0 atom stereocenters. The van der Waals surface area contributed by atoms with E-state index in [1.54, 1.807) is 18.2 Å². The van der Waals surface area contributed by atoms with Crippen LogP contribution in [0.5, 0.6) is 0 Å². The quantitative estimate of drug-likeness (QED) is 0.821. The van der Waals surface area contributed by atoms with Crippen molar-refractivity contribution in [3.63, 3.8) is 0 Å². The minimum Gasteiger partial charge on any atom is -0.399 e. The number of benzene rings is 1. The number of nitriles is 1. The Bertz CT molecular complexity index is 661. The predicted molar refractivity (Wildman–Crippen MR) is 72.8 cm³/mol. The minimum atomic E-state index is -0.419. The van der Waals surface area contributed by atoms with Crippen molar-refractivity contribution in [2.75, 3.05) is 11.1 Å². The molecule has 5 nitrogen and oxygen atoms in total. The average molecular weight is 273 g/mol. The summed E-state index contributed by atoms with van der Waals surface area (Å²) in [5.41, 5.74) is 7.11. The van der Waals surface area contributed by atoms with E-state index in [0.29, 0.717) is 22.0 Å². The number of carbonyl (C=O) groups excluding carboxylic acids is 1. The van der Waals surface area contributed by atoms with Crippen LogP contribution >= 0.6 is 11.6 Å². The fraction of sp³-hybridized carbons (Fsp3) is 0. The number of anilines is 2. The molecule has 0 aliphatic rings. The highest BCUT2D eigenvalue weighted by molar-refractivity contribution is 6.34. The van der Waals surface area contributed by atoms with Gasteiger partial charge in [0.05, 0.1) is 16.3 Å². The Morgan fingerprint density at radius 2 is 2.16 bits per heavy atom. The van der Waals surface area contributed by atoms with Crippen molar-refractivity contribution in [2.24, 2.45) is 0 Å². The lowest BCUT2D eigenvalue weighted by molar-refractivity contribution is 0.102. The molecule has 0 bridgehead atoms. The van der Waals surface area contributed by atoms with Gasteiger partial charge in [-0.3, -0.25) is 4.79 Å². The summed E-state index contributed by atoms with van der Waals surface area (Å²) in [6.07, 6.45) is 1.33. The van der Waals surface area contributed by atoms with E-state index in [2.05, 4.69) is 10.3 Å². The summed E-state index contributed by atoms with van der Waals surface area (Å²) in [6, 6.07) is 9.70. The van der Waals surface area contributed by atoms with Crippen LogP contribution in [-0.2, 0) is 0 Å². The molecule has 6 heteroatoms. The van der Waals surface area contributed by atoms with Gasteiger partial charge in [0, 0.05) is 11.9 Å². The highest BCUT2D eigenvalue weighted by Crippen LogP contribution is 2.24. The van der Waals surface area contributed by atoms with Crippen molar-refractivity contribution in [1.29, 1.82) is 5.26 Å². The third kappa shape index (κ3) is 3.00. The number of nitrogen functional groups attached to an aromatic ring is 1. The number of amides is 1. The lowest BCUT2D eigenvalue weighted by atomic mass is 10.2. The minimum absolute atomic E-state index is 0.192. The Kier molecular flexibility index (Phi) is 3.64. The summed E-state index contributed by atoms with van der Waals surface area (Å²) in [5.74, 6) is -0.419. The van der Waals surface area contributed by atoms with Gasteiger partial charge in [0.15, 0.2) is 0 Å². The number of carbonyl (C=O) groups is 1. The molecule has 19 heavy (non-hydrogen) atoms. The molecule has 1 aromatic heterocycles. The maximum Gasteiger partial charge on any atom is 0.274 e. The number of nitrogens with zero attached hydrogens (tertiary/aromatic N) is 2. The van der Waals surface area contributed by atoms with E-state index in [9.17, 15) is 4.79 Å². The Hall–Kier alpha value is -2.58. The third-order valence-corrected chi connectivity index (χ3v) is 2.69. The molecule has 0 saturated carbocycles. The molecule has 1 aromatic carbocycles. The van der Waals surface area contributed by atoms with E-state index in [1.165, 1.54) is 18.3 Å². The van der Waals surface area contributed by atoms with Crippen LogP contribution in [0.4, 0.5) is 11.4 Å². The monoisotopic (exact) mass is 272 g/mol. The first-order valence-corrected chi connectivity index (χ1v) is 5.70. The first kappa shape index (κ1) is 12.9. The largest absolute Gasteiger partial charge is 0.399 e. The van der Waals surface area contributed by atoms with Gasteiger partial charge in [-0.25, -0.2) is 4.98 Å². The van der Waals surface area contributed by atoms with E-state index in [4.69, 9.17) is 22.6 Å². The van der Waals surface area contributed by atoms with Crippen LogP contribution in [0.15, 0.2) is 36.5 Å². The van der Waals surface area contributed by atoms with Crippen LogP contribution < -0.4 is 11.1 Å². The van der Waals surface area contributed by atoms with Crippen LogP contribution in [0, 0.1) is 11.3 Å². The number of aromatic nitrogens is 1. The Balaban J connectivity index is 2.21.